The maximum Gasteiger partial charge on any atom is 0.0142 e. The molecule has 0 heterocycles. The Morgan fingerprint density at radius 1 is 1.14 bits per heavy atom. The van der Waals surface area contributed by atoms with Crippen molar-refractivity contribution in [3.05, 3.63) is 0 Å². The van der Waals surface area contributed by atoms with Gasteiger partial charge in [-0.25, -0.2) is 0 Å². The molecule has 0 aromatic heterocycles. The summed E-state index contributed by atoms with van der Waals surface area (Å²) < 4.78 is 0. The fourth-order valence-electron chi connectivity index (χ4n) is 2.30. The smallest absolute Gasteiger partial charge is 0.0142 e. The Kier molecular flexibility index (Phi) is 5.68. The van der Waals surface area contributed by atoms with Crippen molar-refractivity contribution in [1.82, 2.24) is 5.32 Å². The first-order chi connectivity index (χ1) is 6.23. The van der Waals surface area contributed by atoms with Gasteiger partial charge in [0.15, 0.2) is 0 Å². The molecule has 0 saturated carbocycles. The summed E-state index contributed by atoms with van der Waals surface area (Å²) in [6.07, 6.45) is 2.25. The van der Waals surface area contributed by atoms with E-state index >= 15 is 0 Å². The normalized spacial score (nSPS) is 17.1. The van der Waals surface area contributed by atoms with Gasteiger partial charge in [0.2, 0.25) is 0 Å². The molecule has 0 aliphatic rings. The summed E-state index contributed by atoms with van der Waals surface area (Å²) in [4.78, 5) is 0. The molecular formula is C12H28N2. The lowest BCUT2D eigenvalue weighted by Crippen LogP contribution is -2.48. The van der Waals surface area contributed by atoms with E-state index in [0.29, 0.717) is 6.04 Å². The van der Waals surface area contributed by atoms with Crippen LogP contribution in [0.3, 0.4) is 0 Å². The second-order valence-electron chi connectivity index (χ2n) is 5.74. The number of nitrogens with two attached hydrogens (primary N) is 1. The summed E-state index contributed by atoms with van der Waals surface area (Å²) in [5, 5.41) is 3.64. The Balaban J connectivity index is 3.94. The van der Waals surface area contributed by atoms with Crippen LogP contribution in [0.5, 0.6) is 0 Å². The molecule has 2 atom stereocenters. The van der Waals surface area contributed by atoms with Gasteiger partial charge in [-0.2, -0.15) is 0 Å². The first kappa shape index (κ1) is 13.9. The third-order valence-electron chi connectivity index (χ3n) is 2.29. The molecule has 0 aromatic carbocycles. The molecule has 2 heteroatoms. The van der Waals surface area contributed by atoms with Crippen LogP contribution in [0.25, 0.3) is 0 Å². The highest BCUT2D eigenvalue weighted by atomic mass is 15.0. The van der Waals surface area contributed by atoms with Gasteiger partial charge in [-0.1, -0.05) is 13.8 Å². The Bertz CT molecular complexity index is 150. The molecule has 0 bridgehead atoms. The Hall–Kier alpha value is -0.0800. The van der Waals surface area contributed by atoms with E-state index in [2.05, 4.69) is 46.9 Å². The maximum absolute atomic E-state index is 5.82. The van der Waals surface area contributed by atoms with Crippen molar-refractivity contribution in [2.24, 2.45) is 11.7 Å². The van der Waals surface area contributed by atoms with Gasteiger partial charge < -0.3 is 11.1 Å². The highest BCUT2D eigenvalue weighted by molar-refractivity contribution is 4.83. The van der Waals surface area contributed by atoms with Crippen LogP contribution in [0.2, 0.25) is 0 Å². The van der Waals surface area contributed by atoms with Crippen LogP contribution in [0, 0.1) is 5.92 Å². The summed E-state index contributed by atoms with van der Waals surface area (Å²) in [7, 11) is 0. The van der Waals surface area contributed by atoms with Crippen molar-refractivity contribution >= 4 is 0 Å². The van der Waals surface area contributed by atoms with E-state index in [-0.39, 0.29) is 11.6 Å². The van der Waals surface area contributed by atoms with Gasteiger partial charge in [0.05, 0.1) is 0 Å². The molecular weight excluding hydrogens is 172 g/mol. The van der Waals surface area contributed by atoms with Gasteiger partial charge in [-0.05, 0) is 46.5 Å². The summed E-state index contributed by atoms with van der Waals surface area (Å²) in [6, 6.07) is 0.840. The summed E-state index contributed by atoms with van der Waals surface area (Å²) >= 11 is 0. The Morgan fingerprint density at radius 2 is 1.64 bits per heavy atom. The highest BCUT2D eigenvalue weighted by Gasteiger charge is 2.21. The second-order valence-corrected chi connectivity index (χ2v) is 5.74. The van der Waals surface area contributed by atoms with Gasteiger partial charge in [0.1, 0.15) is 0 Å². The fourth-order valence-corrected chi connectivity index (χ4v) is 2.30. The average Bonchev–Trinajstić information content (AvgIpc) is 1.77. The zero-order valence-corrected chi connectivity index (χ0v) is 10.7. The number of hydrogen-bond donors (Lipinski definition) is 2. The number of rotatable bonds is 6. The Labute approximate surface area is 89.6 Å². The van der Waals surface area contributed by atoms with Crippen molar-refractivity contribution in [2.45, 2.75) is 72.0 Å². The maximum atomic E-state index is 5.82. The molecule has 0 saturated heterocycles. The minimum absolute atomic E-state index is 0.155. The predicted molar refractivity (Wildman–Crippen MR) is 64.4 cm³/mol. The van der Waals surface area contributed by atoms with Crippen LogP contribution in [0.15, 0.2) is 0 Å². The van der Waals surface area contributed by atoms with Crippen molar-refractivity contribution in [2.75, 3.05) is 0 Å². The molecule has 0 amide bonds. The summed E-state index contributed by atoms with van der Waals surface area (Å²) in [5.41, 5.74) is 5.97. The van der Waals surface area contributed by atoms with E-state index in [0.717, 1.165) is 12.3 Å². The van der Waals surface area contributed by atoms with E-state index < -0.39 is 0 Å². The quantitative estimate of drug-likeness (QED) is 0.691. The molecule has 86 valence electrons. The minimum atomic E-state index is 0.155. The minimum Gasteiger partial charge on any atom is -0.328 e. The van der Waals surface area contributed by atoms with Gasteiger partial charge in [0.25, 0.3) is 0 Å². The first-order valence-electron chi connectivity index (χ1n) is 5.76. The molecule has 2 unspecified atom stereocenters. The van der Waals surface area contributed by atoms with E-state index in [9.17, 15) is 0 Å². The number of hydrogen-bond acceptors (Lipinski definition) is 2. The van der Waals surface area contributed by atoms with Crippen LogP contribution in [-0.2, 0) is 0 Å². The average molecular weight is 200 g/mol. The molecule has 0 aliphatic carbocycles. The zero-order chi connectivity index (χ0) is 11.4. The fraction of sp³-hybridized carbons (Fsp3) is 1.00. The molecule has 0 fully saturated rings. The Morgan fingerprint density at radius 3 is 2.00 bits per heavy atom. The summed E-state index contributed by atoms with van der Waals surface area (Å²) in [5.74, 6) is 0.753. The summed E-state index contributed by atoms with van der Waals surface area (Å²) in [6.45, 7) is 13.3. The SMILES string of the molecule is CC(C)CC(C)NC(C)(C)CC(C)N. The van der Waals surface area contributed by atoms with E-state index in [1.54, 1.807) is 0 Å². The van der Waals surface area contributed by atoms with Crippen LogP contribution in [0.4, 0.5) is 0 Å². The third-order valence-corrected chi connectivity index (χ3v) is 2.29. The van der Waals surface area contributed by atoms with Gasteiger partial charge >= 0.3 is 0 Å². The monoisotopic (exact) mass is 200 g/mol. The third kappa shape index (κ3) is 7.34. The van der Waals surface area contributed by atoms with Crippen molar-refractivity contribution in [1.29, 1.82) is 0 Å². The van der Waals surface area contributed by atoms with Gasteiger partial charge in [-0.15, -0.1) is 0 Å². The number of nitrogens with one attached hydrogen (secondary N) is 1. The molecule has 0 spiro atoms. The van der Waals surface area contributed by atoms with E-state index in [4.69, 9.17) is 5.73 Å². The van der Waals surface area contributed by atoms with Crippen molar-refractivity contribution in [3.8, 4) is 0 Å². The highest BCUT2D eigenvalue weighted by Crippen LogP contribution is 2.14. The van der Waals surface area contributed by atoms with Crippen LogP contribution in [0.1, 0.15) is 54.4 Å². The zero-order valence-electron chi connectivity index (χ0n) is 10.7. The standard InChI is InChI=1S/C12H28N2/c1-9(2)7-11(4)14-12(5,6)8-10(3)13/h9-11,14H,7-8,13H2,1-6H3. The van der Waals surface area contributed by atoms with Crippen LogP contribution in [-0.4, -0.2) is 17.6 Å². The van der Waals surface area contributed by atoms with Crippen LogP contribution < -0.4 is 11.1 Å². The predicted octanol–water partition coefficient (Wildman–Crippen LogP) is 2.53. The lowest BCUT2D eigenvalue weighted by atomic mass is 9.94. The lowest BCUT2D eigenvalue weighted by molar-refractivity contribution is 0.286. The lowest BCUT2D eigenvalue weighted by Gasteiger charge is -2.32. The van der Waals surface area contributed by atoms with Crippen LogP contribution >= 0.6 is 0 Å². The van der Waals surface area contributed by atoms with Crippen molar-refractivity contribution < 1.29 is 0 Å². The molecule has 0 aliphatic heterocycles. The van der Waals surface area contributed by atoms with E-state index in [1.165, 1.54) is 6.42 Å². The molecule has 0 radical (unpaired) electrons. The molecule has 3 N–H and O–H groups in total. The molecule has 0 aromatic rings. The molecule has 0 rings (SSSR count). The topological polar surface area (TPSA) is 38.0 Å². The molecule has 14 heavy (non-hydrogen) atoms. The first-order valence-corrected chi connectivity index (χ1v) is 5.76. The van der Waals surface area contributed by atoms with E-state index in [1.807, 2.05) is 0 Å². The molecule has 2 nitrogen and oxygen atoms in total. The second kappa shape index (κ2) is 5.72. The largest absolute Gasteiger partial charge is 0.328 e. The van der Waals surface area contributed by atoms with Gasteiger partial charge in [0, 0.05) is 17.6 Å². The van der Waals surface area contributed by atoms with Gasteiger partial charge in [-0.3, -0.25) is 0 Å². The van der Waals surface area contributed by atoms with Crippen molar-refractivity contribution in [3.63, 3.8) is 0 Å².